The highest BCUT2D eigenvalue weighted by Gasteiger charge is 2.24. The molecule has 0 aliphatic carbocycles. The number of carbonyl (C=O) groups is 3. The van der Waals surface area contributed by atoms with Crippen LogP contribution in [0, 0.1) is 17.0 Å². The molecule has 0 saturated heterocycles. The van der Waals surface area contributed by atoms with Crippen LogP contribution in [-0.4, -0.2) is 72.3 Å². The van der Waals surface area contributed by atoms with Crippen LogP contribution in [0.3, 0.4) is 0 Å². The normalized spacial score (nSPS) is 11.8. The van der Waals surface area contributed by atoms with E-state index in [1.54, 1.807) is 54.0 Å². The predicted molar refractivity (Wildman–Crippen MR) is 158 cm³/mol. The van der Waals surface area contributed by atoms with Gasteiger partial charge in [-0.2, -0.15) is 0 Å². The van der Waals surface area contributed by atoms with E-state index in [2.05, 4.69) is 9.83 Å². The van der Waals surface area contributed by atoms with Gasteiger partial charge in [0, 0.05) is 33.8 Å². The molecular weight excluding hydrogens is 590 g/mol. The first kappa shape index (κ1) is 32.4. The molecule has 0 amide bonds. The zero-order valence-electron chi connectivity index (χ0n) is 23.2. The average Bonchev–Trinajstić information content (AvgIpc) is 3.24. The number of ether oxygens (including phenoxy) is 3. The topological polar surface area (TPSA) is 149 Å². The molecule has 1 aromatic heterocycles. The first-order chi connectivity index (χ1) is 20.2. The molecule has 0 bridgehead atoms. The number of carbonyl (C=O) groups excluding carboxylic acids is 3. The number of aliphatic imine (C=N–C) groups is 1. The van der Waals surface area contributed by atoms with Gasteiger partial charge in [0.25, 0.3) is 11.0 Å². The van der Waals surface area contributed by atoms with Crippen molar-refractivity contribution in [3.8, 4) is 5.75 Å². The maximum atomic E-state index is 13.5. The number of hydrogen-bond donors (Lipinski definition) is 0. The standard InChI is InChI=1S/C28H30ClN3O9S/c1-18-22(15-26(33)42-16-24(30-17-38-2)28(35)40-12-4-5-13-41-32(36)37)23-14-21(39-3)10-11-25(23)31(18)27(34)19-6-8-20(29)9-7-19/h6-11,14,17,24H,4-5,12-13,15-16H2,1-3H3. The van der Waals surface area contributed by atoms with Crippen molar-refractivity contribution in [2.24, 2.45) is 4.99 Å². The van der Waals surface area contributed by atoms with Crippen LogP contribution in [-0.2, 0) is 30.3 Å². The van der Waals surface area contributed by atoms with Crippen LogP contribution in [0.1, 0.15) is 34.5 Å². The zero-order valence-corrected chi connectivity index (χ0v) is 24.8. The Hall–Kier alpha value is -4.10. The first-order valence-electron chi connectivity index (χ1n) is 12.8. The molecule has 42 heavy (non-hydrogen) atoms. The molecule has 0 saturated carbocycles. The van der Waals surface area contributed by atoms with Gasteiger partial charge in [0.2, 0.25) is 0 Å². The summed E-state index contributed by atoms with van der Waals surface area (Å²) >= 11 is 6.90. The minimum absolute atomic E-state index is 0.00727. The minimum Gasteiger partial charge on any atom is -0.497 e. The number of unbranched alkanes of at least 4 members (excludes halogenated alkanes) is 1. The smallest absolute Gasteiger partial charge is 0.331 e. The number of thioether (sulfide) groups is 1. The molecule has 0 N–H and O–H groups in total. The van der Waals surface area contributed by atoms with Crippen molar-refractivity contribution in [2.45, 2.75) is 32.2 Å². The lowest BCUT2D eigenvalue weighted by molar-refractivity contribution is -0.757. The molecule has 1 atom stereocenters. The third-order valence-corrected chi connectivity index (χ3v) is 7.36. The average molecular weight is 620 g/mol. The van der Waals surface area contributed by atoms with Crippen molar-refractivity contribution >= 4 is 57.7 Å². The van der Waals surface area contributed by atoms with Crippen molar-refractivity contribution in [1.82, 2.24) is 4.57 Å². The number of nitrogens with zero attached hydrogens (tertiary/aromatic N) is 3. The van der Waals surface area contributed by atoms with Gasteiger partial charge in [-0.1, -0.05) is 23.4 Å². The highest BCUT2D eigenvalue weighted by atomic mass is 35.5. The Labute approximate surface area is 251 Å². The molecule has 0 fully saturated rings. The van der Waals surface area contributed by atoms with Crippen LogP contribution >= 0.6 is 23.4 Å². The lowest BCUT2D eigenvalue weighted by atomic mass is 10.1. The van der Waals surface area contributed by atoms with Crippen molar-refractivity contribution in [2.75, 3.05) is 33.2 Å². The van der Waals surface area contributed by atoms with Gasteiger partial charge in [-0.25, -0.2) is 9.79 Å². The van der Waals surface area contributed by atoms with E-state index in [0.717, 1.165) is 18.2 Å². The van der Waals surface area contributed by atoms with E-state index in [1.165, 1.54) is 14.2 Å². The molecule has 3 aromatic rings. The zero-order chi connectivity index (χ0) is 30.6. The molecule has 0 radical (unpaired) electrons. The molecule has 0 spiro atoms. The fraction of sp³-hybridized carbons (Fsp3) is 0.357. The maximum absolute atomic E-state index is 13.5. The van der Waals surface area contributed by atoms with Gasteiger partial charge < -0.3 is 19.0 Å². The van der Waals surface area contributed by atoms with E-state index >= 15 is 0 Å². The van der Waals surface area contributed by atoms with Crippen LogP contribution < -0.4 is 4.74 Å². The number of esters is 1. The van der Waals surface area contributed by atoms with E-state index in [0.29, 0.717) is 51.3 Å². The first-order valence-corrected chi connectivity index (χ1v) is 14.1. The van der Waals surface area contributed by atoms with Crippen molar-refractivity contribution in [3.63, 3.8) is 0 Å². The van der Waals surface area contributed by atoms with Gasteiger partial charge in [-0.3, -0.25) is 14.2 Å². The Morgan fingerprint density at radius 2 is 1.83 bits per heavy atom. The molecule has 1 unspecified atom stereocenters. The molecular formula is C28H30ClN3O9S. The Kier molecular flexibility index (Phi) is 12.2. The Bertz CT molecular complexity index is 1460. The van der Waals surface area contributed by atoms with Crippen LogP contribution in [0.15, 0.2) is 47.5 Å². The van der Waals surface area contributed by atoms with Crippen molar-refractivity contribution in [1.29, 1.82) is 0 Å². The summed E-state index contributed by atoms with van der Waals surface area (Å²) in [7, 11) is 2.91. The van der Waals surface area contributed by atoms with Crippen molar-refractivity contribution < 1.29 is 38.5 Å². The molecule has 12 nitrogen and oxygen atoms in total. The lowest BCUT2D eigenvalue weighted by Crippen LogP contribution is -2.25. The molecule has 2 aromatic carbocycles. The second kappa shape index (κ2) is 15.8. The summed E-state index contributed by atoms with van der Waals surface area (Å²) in [5.74, 6) is -0.369. The van der Waals surface area contributed by atoms with Gasteiger partial charge in [-0.15, -0.1) is 10.1 Å². The number of benzene rings is 2. The van der Waals surface area contributed by atoms with E-state index in [9.17, 15) is 24.5 Å². The number of halogens is 1. The van der Waals surface area contributed by atoms with Gasteiger partial charge in [0.15, 0.2) is 17.6 Å². The Morgan fingerprint density at radius 3 is 2.50 bits per heavy atom. The number of aromatic nitrogens is 1. The molecule has 1 heterocycles. The fourth-order valence-electron chi connectivity index (χ4n) is 4.08. The summed E-state index contributed by atoms with van der Waals surface area (Å²) in [6.45, 7) is 1.68. The van der Waals surface area contributed by atoms with Crippen LogP contribution in [0.4, 0.5) is 0 Å². The van der Waals surface area contributed by atoms with Crippen LogP contribution in [0.5, 0.6) is 5.75 Å². The third kappa shape index (κ3) is 8.70. The number of fused-ring (bicyclic) bond motifs is 1. The molecule has 224 valence electrons. The molecule has 0 aliphatic rings. The maximum Gasteiger partial charge on any atom is 0.331 e. The van der Waals surface area contributed by atoms with Gasteiger partial charge in [0.05, 0.1) is 33.0 Å². The highest BCUT2D eigenvalue weighted by Crippen LogP contribution is 2.32. The Morgan fingerprint density at radius 1 is 1.12 bits per heavy atom. The van der Waals surface area contributed by atoms with Gasteiger partial charge >= 0.3 is 5.97 Å². The van der Waals surface area contributed by atoms with E-state index in [4.69, 9.17) is 25.8 Å². The number of methoxy groups -OCH3 is 2. The summed E-state index contributed by atoms with van der Waals surface area (Å²) in [6.07, 6.45) is 1.75. The highest BCUT2D eigenvalue weighted by molar-refractivity contribution is 8.13. The summed E-state index contributed by atoms with van der Waals surface area (Å²) in [5.41, 5.74) is 2.31. The summed E-state index contributed by atoms with van der Waals surface area (Å²) in [5, 5.41) is 10.3. The van der Waals surface area contributed by atoms with E-state index in [1.807, 2.05) is 0 Å². The summed E-state index contributed by atoms with van der Waals surface area (Å²) in [6, 6.07) is 10.8. The van der Waals surface area contributed by atoms with Crippen molar-refractivity contribution in [3.05, 3.63) is 74.4 Å². The van der Waals surface area contributed by atoms with Crippen LogP contribution in [0.2, 0.25) is 5.02 Å². The molecule has 14 heteroatoms. The quantitative estimate of drug-likeness (QED) is 0.0586. The SMILES string of the molecule is COC=NC(CSC(=O)Cc1c(C)n(C(=O)c2ccc(Cl)cc2)c2ccc(OC)cc12)C(=O)OCCCCO[N+](=O)[O-]. The Balaban J connectivity index is 1.74. The van der Waals surface area contributed by atoms with E-state index < -0.39 is 17.1 Å². The second-order valence-electron chi connectivity index (χ2n) is 8.89. The molecule has 3 rings (SSSR count). The van der Waals surface area contributed by atoms with Gasteiger partial charge in [-0.05, 0) is 67.8 Å². The third-order valence-electron chi connectivity index (χ3n) is 6.16. The monoisotopic (exact) mass is 619 g/mol. The second-order valence-corrected chi connectivity index (χ2v) is 10.4. The fourth-order valence-corrected chi connectivity index (χ4v) is 5.02. The lowest BCUT2D eigenvalue weighted by Gasteiger charge is -2.12. The summed E-state index contributed by atoms with van der Waals surface area (Å²) in [4.78, 5) is 57.7. The largest absolute Gasteiger partial charge is 0.497 e. The number of hydrogen-bond acceptors (Lipinski definition) is 11. The van der Waals surface area contributed by atoms with E-state index in [-0.39, 0.29) is 36.4 Å². The van der Waals surface area contributed by atoms with Gasteiger partial charge in [0.1, 0.15) is 5.75 Å². The predicted octanol–water partition coefficient (Wildman–Crippen LogP) is 4.68. The summed E-state index contributed by atoms with van der Waals surface area (Å²) < 4.78 is 17.0. The molecule has 0 aliphatic heterocycles. The number of rotatable bonds is 15. The minimum atomic E-state index is -1.01. The van der Waals surface area contributed by atoms with Crippen LogP contribution in [0.25, 0.3) is 10.9 Å².